The quantitative estimate of drug-likeness (QED) is 0.489. The lowest BCUT2D eigenvalue weighted by Crippen LogP contribution is -2.42. The van der Waals surface area contributed by atoms with E-state index in [9.17, 15) is 18.0 Å². The Hall–Kier alpha value is -3.63. The normalized spacial score (nSPS) is 12.5. The predicted octanol–water partition coefficient (Wildman–Crippen LogP) is 4.42. The van der Waals surface area contributed by atoms with Crippen LogP contribution < -0.4 is 10.1 Å². The number of benzene rings is 1. The van der Waals surface area contributed by atoms with E-state index in [0.29, 0.717) is 33.5 Å². The molecule has 2 N–H and O–H groups in total. The molecule has 11 heteroatoms. The number of hydrogen-bond donors (Lipinski definition) is 2. The van der Waals surface area contributed by atoms with Crippen molar-refractivity contribution in [1.29, 1.82) is 0 Å². The summed E-state index contributed by atoms with van der Waals surface area (Å²) in [6.07, 6.45) is -2.19. The molecule has 162 valence electrons. The minimum atomic E-state index is -4.46. The number of rotatable bonds is 2. The molecule has 31 heavy (non-hydrogen) atoms. The number of amides is 1. The fourth-order valence-electron chi connectivity index (χ4n) is 3.12. The number of ether oxygens (including phenoxy) is 1. The van der Waals surface area contributed by atoms with Gasteiger partial charge in [0.15, 0.2) is 16.9 Å². The number of H-pyrrole nitrogens is 1. The van der Waals surface area contributed by atoms with E-state index in [1.165, 1.54) is 23.1 Å². The van der Waals surface area contributed by atoms with Gasteiger partial charge in [-0.2, -0.15) is 18.3 Å². The third-order valence-corrected chi connectivity index (χ3v) is 4.45. The van der Waals surface area contributed by atoms with Gasteiger partial charge in [0.1, 0.15) is 11.4 Å². The molecule has 4 aromatic rings. The fourth-order valence-corrected chi connectivity index (χ4v) is 3.12. The molecule has 0 unspecified atom stereocenters. The Morgan fingerprint density at radius 2 is 1.97 bits per heavy atom. The van der Waals surface area contributed by atoms with E-state index in [0.717, 1.165) is 12.1 Å². The van der Waals surface area contributed by atoms with Crippen LogP contribution in [0.3, 0.4) is 0 Å². The number of aromatic amines is 1. The first-order chi connectivity index (χ1) is 14.4. The maximum Gasteiger partial charge on any atom is 0.416 e. The van der Waals surface area contributed by atoms with Crippen LogP contribution in [0.2, 0.25) is 0 Å². The van der Waals surface area contributed by atoms with Crippen molar-refractivity contribution in [3.05, 3.63) is 36.2 Å². The summed E-state index contributed by atoms with van der Waals surface area (Å²) < 4.78 is 45.9. The third-order valence-electron chi connectivity index (χ3n) is 4.45. The van der Waals surface area contributed by atoms with Gasteiger partial charge in [-0.15, -0.1) is 0 Å². The zero-order valence-corrected chi connectivity index (χ0v) is 17.1. The van der Waals surface area contributed by atoms with Crippen LogP contribution in [0.5, 0.6) is 5.75 Å². The number of nitrogens with one attached hydrogen (secondary N) is 2. The first-order valence-corrected chi connectivity index (χ1v) is 9.31. The van der Waals surface area contributed by atoms with Crippen molar-refractivity contribution < 1.29 is 22.7 Å². The third kappa shape index (κ3) is 4.03. The van der Waals surface area contributed by atoms with E-state index in [1.54, 1.807) is 7.05 Å². The molecule has 0 saturated carbocycles. The summed E-state index contributed by atoms with van der Waals surface area (Å²) in [6, 6.07) is 3.40. The number of carbonyl (C=O) groups is 1. The van der Waals surface area contributed by atoms with E-state index >= 15 is 0 Å². The van der Waals surface area contributed by atoms with E-state index < -0.39 is 23.4 Å². The number of aryl methyl sites for hydroxylation is 1. The monoisotopic (exact) mass is 432 g/mol. The number of alkyl halides is 3. The SMILES string of the molecule is Cn1nc(-c2cnc3[nH]cc(OC(=O)NC(C)(C)C)c3n2)c2ccc(C(F)(F)F)cc21. The van der Waals surface area contributed by atoms with Gasteiger partial charge >= 0.3 is 12.3 Å². The van der Waals surface area contributed by atoms with Gasteiger partial charge in [0, 0.05) is 24.2 Å². The van der Waals surface area contributed by atoms with Gasteiger partial charge in [0.05, 0.1) is 17.3 Å². The van der Waals surface area contributed by atoms with Crippen LogP contribution in [-0.4, -0.2) is 36.4 Å². The molecule has 0 atom stereocenters. The molecule has 8 nitrogen and oxygen atoms in total. The number of halogens is 3. The molecule has 4 rings (SSSR count). The zero-order valence-electron chi connectivity index (χ0n) is 17.1. The summed E-state index contributed by atoms with van der Waals surface area (Å²) >= 11 is 0. The second-order valence-corrected chi connectivity index (χ2v) is 8.07. The summed E-state index contributed by atoms with van der Waals surface area (Å²) in [6.45, 7) is 5.45. The molecule has 3 aromatic heterocycles. The Morgan fingerprint density at radius 3 is 2.65 bits per heavy atom. The molecule has 0 radical (unpaired) electrons. The molecule has 0 aliphatic carbocycles. The Labute approximate surface area is 174 Å². The molecule has 0 aliphatic heterocycles. The van der Waals surface area contributed by atoms with Crippen LogP contribution >= 0.6 is 0 Å². The van der Waals surface area contributed by atoms with Crippen molar-refractivity contribution in [2.75, 3.05) is 0 Å². The van der Waals surface area contributed by atoms with Gasteiger partial charge in [-0.05, 0) is 39.0 Å². The maximum atomic E-state index is 13.1. The molecule has 1 amide bonds. The van der Waals surface area contributed by atoms with Gasteiger partial charge in [-0.25, -0.2) is 14.8 Å². The van der Waals surface area contributed by atoms with E-state index in [2.05, 4.69) is 25.4 Å². The minimum absolute atomic E-state index is 0.172. The Kier molecular flexibility index (Phi) is 4.64. The lowest BCUT2D eigenvalue weighted by atomic mass is 10.1. The highest BCUT2D eigenvalue weighted by atomic mass is 19.4. The van der Waals surface area contributed by atoms with Crippen LogP contribution in [0.15, 0.2) is 30.6 Å². The second kappa shape index (κ2) is 6.96. The first-order valence-electron chi connectivity index (χ1n) is 9.31. The largest absolute Gasteiger partial charge is 0.416 e. The fraction of sp³-hybridized carbons (Fsp3) is 0.300. The molecule has 0 bridgehead atoms. The summed E-state index contributed by atoms with van der Waals surface area (Å²) in [5, 5.41) is 7.51. The number of fused-ring (bicyclic) bond motifs is 2. The maximum absolute atomic E-state index is 13.1. The number of nitrogens with zero attached hydrogens (tertiary/aromatic N) is 4. The number of carbonyl (C=O) groups excluding carboxylic acids is 1. The molecular weight excluding hydrogens is 413 g/mol. The van der Waals surface area contributed by atoms with Crippen molar-refractivity contribution in [3.63, 3.8) is 0 Å². The Morgan fingerprint density at radius 1 is 1.23 bits per heavy atom. The van der Waals surface area contributed by atoms with E-state index in [1.807, 2.05) is 20.8 Å². The second-order valence-electron chi connectivity index (χ2n) is 8.07. The Balaban J connectivity index is 1.75. The van der Waals surface area contributed by atoms with Crippen LogP contribution in [0.4, 0.5) is 18.0 Å². The summed E-state index contributed by atoms with van der Waals surface area (Å²) in [7, 11) is 1.56. The lowest BCUT2D eigenvalue weighted by molar-refractivity contribution is -0.137. The minimum Gasteiger partial charge on any atom is -0.406 e. The average molecular weight is 432 g/mol. The van der Waals surface area contributed by atoms with Crippen LogP contribution in [0, 0.1) is 0 Å². The molecule has 0 spiro atoms. The molecule has 0 saturated heterocycles. The topological polar surface area (TPSA) is 97.7 Å². The smallest absolute Gasteiger partial charge is 0.406 e. The molecule has 0 aliphatic rings. The first kappa shape index (κ1) is 20.6. The number of aromatic nitrogens is 5. The van der Waals surface area contributed by atoms with Gasteiger partial charge < -0.3 is 15.0 Å². The van der Waals surface area contributed by atoms with Gasteiger partial charge in [-0.3, -0.25) is 4.68 Å². The molecular formula is C20H19F3N6O2. The Bertz CT molecular complexity index is 1300. The average Bonchev–Trinajstić information content (AvgIpc) is 3.20. The zero-order chi connectivity index (χ0) is 22.6. The van der Waals surface area contributed by atoms with E-state index in [4.69, 9.17) is 4.74 Å². The highest BCUT2D eigenvalue weighted by Crippen LogP contribution is 2.34. The van der Waals surface area contributed by atoms with Crippen molar-refractivity contribution >= 4 is 28.2 Å². The van der Waals surface area contributed by atoms with Crippen LogP contribution in [0.25, 0.3) is 33.5 Å². The standard InChI is InChI=1S/C20H19F3N6O2/c1-19(2,3)27-18(30)31-14-9-25-17-16(14)26-12(8-24-17)15-11-6-5-10(20(21,22)23)7-13(11)29(4)28-15/h5-9H,1-4H3,(H,24,25)(H,27,30). The highest BCUT2D eigenvalue weighted by molar-refractivity contribution is 5.94. The van der Waals surface area contributed by atoms with Crippen molar-refractivity contribution in [2.45, 2.75) is 32.5 Å². The van der Waals surface area contributed by atoms with Crippen molar-refractivity contribution in [1.82, 2.24) is 30.0 Å². The highest BCUT2D eigenvalue weighted by Gasteiger charge is 2.31. The van der Waals surface area contributed by atoms with Crippen molar-refractivity contribution in [2.24, 2.45) is 7.05 Å². The van der Waals surface area contributed by atoms with Crippen molar-refractivity contribution in [3.8, 4) is 17.1 Å². The van der Waals surface area contributed by atoms with Crippen LogP contribution in [0.1, 0.15) is 26.3 Å². The summed E-state index contributed by atoms with van der Waals surface area (Å²) in [5.74, 6) is 0.172. The summed E-state index contributed by atoms with van der Waals surface area (Å²) in [5.41, 5.74) is 0.450. The lowest BCUT2D eigenvalue weighted by Gasteiger charge is -2.19. The van der Waals surface area contributed by atoms with Gasteiger partial charge in [0.2, 0.25) is 0 Å². The predicted molar refractivity (Wildman–Crippen MR) is 108 cm³/mol. The van der Waals surface area contributed by atoms with Crippen LogP contribution in [-0.2, 0) is 13.2 Å². The van der Waals surface area contributed by atoms with E-state index in [-0.39, 0.29) is 5.75 Å². The van der Waals surface area contributed by atoms with Gasteiger partial charge in [0.25, 0.3) is 0 Å². The molecule has 0 fully saturated rings. The molecule has 3 heterocycles. The van der Waals surface area contributed by atoms with Gasteiger partial charge in [-0.1, -0.05) is 0 Å². The summed E-state index contributed by atoms with van der Waals surface area (Å²) in [4.78, 5) is 23.8. The number of hydrogen-bond acceptors (Lipinski definition) is 5. The molecule has 1 aromatic carbocycles.